The van der Waals surface area contributed by atoms with Crippen LogP contribution in [0.2, 0.25) is 0 Å². The molecule has 0 atom stereocenters. The first kappa shape index (κ1) is 11.0. The molecule has 16 heavy (non-hydrogen) atoms. The van der Waals surface area contributed by atoms with Crippen LogP contribution in [0.3, 0.4) is 0 Å². The first-order valence-electron chi connectivity index (χ1n) is 4.56. The number of pyridine rings is 2. The summed E-state index contributed by atoms with van der Waals surface area (Å²) in [6.45, 7) is 0. The van der Waals surface area contributed by atoms with Crippen molar-refractivity contribution < 1.29 is 4.74 Å². The molecule has 0 spiro atoms. The highest BCUT2D eigenvalue weighted by Crippen LogP contribution is 2.18. The summed E-state index contributed by atoms with van der Waals surface area (Å²) >= 11 is 6.38. The quantitative estimate of drug-likeness (QED) is 0.603. The lowest BCUT2D eigenvalue weighted by atomic mass is 10.5. The van der Waals surface area contributed by atoms with Crippen LogP contribution in [0.15, 0.2) is 53.8 Å². The summed E-state index contributed by atoms with van der Waals surface area (Å²) in [6, 6.07) is 11.0. The van der Waals surface area contributed by atoms with E-state index in [9.17, 15) is 0 Å². The number of ether oxygens (including phenoxy) is 1. The molecule has 0 saturated carbocycles. The van der Waals surface area contributed by atoms with Gasteiger partial charge < -0.3 is 4.74 Å². The van der Waals surface area contributed by atoms with Crippen molar-refractivity contribution in [3.8, 4) is 5.88 Å². The second-order valence-electron chi connectivity index (χ2n) is 2.79. The fourth-order valence-electron chi connectivity index (χ4n) is 1.01. The minimum Gasteiger partial charge on any atom is -0.421 e. The van der Waals surface area contributed by atoms with Gasteiger partial charge in [-0.05, 0) is 42.2 Å². The number of thioether (sulfide) groups is 1. The van der Waals surface area contributed by atoms with Crippen LogP contribution in [-0.4, -0.2) is 14.4 Å². The van der Waals surface area contributed by atoms with E-state index >= 15 is 0 Å². The summed E-state index contributed by atoms with van der Waals surface area (Å²) in [5.74, 6) is 0.496. The summed E-state index contributed by atoms with van der Waals surface area (Å²) in [5, 5.41) is 0.809. The molecule has 0 fully saturated rings. The lowest BCUT2D eigenvalue weighted by Gasteiger charge is -2.03. The molecule has 80 valence electrons. The monoisotopic (exact) mass is 248 g/mol. The molecular formula is C11H8N2OS2. The van der Waals surface area contributed by atoms with E-state index in [1.807, 2.05) is 30.3 Å². The first-order chi connectivity index (χ1) is 7.84. The van der Waals surface area contributed by atoms with Gasteiger partial charge in [0.1, 0.15) is 5.03 Å². The molecule has 5 heteroatoms. The maximum atomic E-state index is 5.36. The Morgan fingerprint density at radius 3 is 2.44 bits per heavy atom. The predicted octanol–water partition coefficient (Wildman–Crippen LogP) is 2.93. The highest BCUT2D eigenvalue weighted by Gasteiger charge is 2.04. The molecule has 0 amide bonds. The summed E-state index contributed by atoms with van der Waals surface area (Å²) < 4.78 is 5.75. The molecular weight excluding hydrogens is 240 g/mol. The smallest absolute Gasteiger partial charge is 0.234 e. The molecule has 0 aliphatic rings. The van der Waals surface area contributed by atoms with Crippen molar-refractivity contribution in [3.05, 3.63) is 48.8 Å². The molecule has 3 nitrogen and oxygen atoms in total. The van der Waals surface area contributed by atoms with Crippen LogP contribution >= 0.6 is 24.0 Å². The minimum atomic E-state index is 0.386. The second kappa shape index (κ2) is 5.58. The lowest BCUT2D eigenvalue weighted by molar-refractivity contribution is 0.553. The average Bonchev–Trinajstić information content (AvgIpc) is 2.31. The molecule has 2 aromatic rings. The molecule has 2 aromatic heterocycles. The van der Waals surface area contributed by atoms with Crippen LogP contribution in [0.1, 0.15) is 0 Å². The SMILES string of the molecule is S=C(Oc1ccccn1)Sc1ccccn1. The van der Waals surface area contributed by atoms with Gasteiger partial charge in [0, 0.05) is 18.5 Å². The van der Waals surface area contributed by atoms with Gasteiger partial charge in [-0.25, -0.2) is 9.97 Å². The summed E-state index contributed by atoms with van der Waals surface area (Å²) in [7, 11) is 0. The van der Waals surface area contributed by atoms with Crippen molar-refractivity contribution in [2.24, 2.45) is 0 Å². The van der Waals surface area contributed by atoms with Crippen molar-refractivity contribution in [2.75, 3.05) is 0 Å². The molecule has 0 bridgehead atoms. The zero-order chi connectivity index (χ0) is 11.2. The van der Waals surface area contributed by atoms with Crippen LogP contribution in [-0.2, 0) is 0 Å². The van der Waals surface area contributed by atoms with Crippen LogP contribution in [0.5, 0.6) is 5.88 Å². The number of aromatic nitrogens is 2. The fourth-order valence-corrected chi connectivity index (χ4v) is 1.91. The molecule has 2 heterocycles. The molecule has 0 radical (unpaired) electrons. The predicted molar refractivity (Wildman–Crippen MR) is 67.6 cm³/mol. The second-order valence-corrected chi connectivity index (χ2v) is 4.41. The molecule has 0 aromatic carbocycles. The van der Waals surface area contributed by atoms with Gasteiger partial charge in [0.25, 0.3) is 0 Å². The minimum absolute atomic E-state index is 0.386. The van der Waals surface area contributed by atoms with Gasteiger partial charge in [-0.3, -0.25) is 0 Å². The Balaban J connectivity index is 1.95. The molecule has 0 saturated heterocycles. The lowest BCUT2D eigenvalue weighted by Crippen LogP contribution is -2.01. The average molecular weight is 248 g/mol. The summed E-state index contributed by atoms with van der Waals surface area (Å²) in [5.41, 5.74) is 0. The van der Waals surface area contributed by atoms with Crippen molar-refractivity contribution in [3.63, 3.8) is 0 Å². The zero-order valence-electron chi connectivity index (χ0n) is 8.24. The molecule has 0 aliphatic carbocycles. The van der Waals surface area contributed by atoms with Gasteiger partial charge in [-0.15, -0.1) is 0 Å². The zero-order valence-corrected chi connectivity index (χ0v) is 9.87. The number of rotatable bonds is 2. The molecule has 0 N–H and O–H groups in total. The third kappa shape index (κ3) is 3.29. The van der Waals surface area contributed by atoms with Gasteiger partial charge in [-0.2, -0.15) is 0 Å². The van der Waals surface area contributed by atoms with E-state index < -0.39 is 0 Å². The largest absolute Gasteiger partial charge is 0.421 e. The third-order valence-electron chi connectivity index (χ3n) is 1.65. The number of thiocarbonyl (C=S) groups is 1. The van der Waals surface area contributed by atoms with Gasteiger partial charge in [0.15, 0.2) is 0 Å². The van der Waals surface area contributed by atoms with E-state index in [2.05, 4.69) is 9.97 Å². The van der Waals surface area contributed by atoms with Gasteiger partial charge >= 0.3 is 0 Å². The standard InChI is InChI=1S/C11H8N2OS2/c15-11(14-9-5-1-3-7-12-9)16-10-6-2-4-8-13-10/h1-8H. The molecule has 0 unspecified atom stereocenters. The Morgan fingerprint density at radius 1 is 1.06 bits per heavy atom. The Labute approximate surface area is 103 Å². The van der Waals surface area contributed by atoms with Gasteiger partial charge in [0.2, 0.25) is 10.3 Å². The number of nitrogens with zero attached hydrogens (tertiary/aromatic N) is 2. The highest BCUT2D eigenvalue weighted by atomic mass is 32.2. The van der Waals surface area contributed by atoms with Crippen LogP contribution < -0.4 is 4.74 Å². The first-order valence-corrected chi connectivity index (χ1v) is 5.79. The van der Waals surface area contributed by atoms with Crippen molar-refractivity contribution in [1.82, 2.24) is 9.97 Å². The van der Waals surface area contributed by atoms with Gasteiger partial charge in [-0.1, -0.05) is 12.1 Å². The van der Waals surface area contributed by atoms with E-state index in [0.29, 0.717) is 10.3 Å². The normalized spacial score (nSPS) is 9.75. The maximum Gasteiger partial charge on any atom is 0.234 e. The van der Waals surface area contributed by atoms with Crippen LogP contribution in [0.4, 0.5) is 0 Å². The summed E-state index contributed by atoms with van der Waals surface area (Å²) in [6.07, 6.45) is 3.37. The van der Waals surface area contributed by atoms with Crippen LogP contribution in [0, 0.1) is 0 Å². The Kier molecular flexibility index (Phi) is 3.85. The van der Waals surface area contributed by atoms with Crippen LogP contribution in [0.25, 0.3) is 0 Å². The van der Waals surface area contributed by atoms with E-state index in [-0.39, 0.29) is 0 Å². The fraction of sp³-hybridized carbons (Fsp3) is 0. The maximum absolute atomic E-state index is 5.36. The van der Waals surface area contributed by atoms with E-state index in [1.54, 1.807) is 18.5 Å². The van der Waals surface area contributed by atoms with E-state index in [0.717, 1.165) is 5.03 Å². The Bertz CT molecular complexity index is 418. The van der Waals surface area contributed by atoms with E-state index in [1.165, 1.54) is 11.8 Å². The van der Waals surface area contributed by atoms with Crippen molar-refractivity contribution in [1.29, 1.82) is 0 Å². The number of hydrogen-bond donors (Lipinski definition) is 0. The van der Waals surface area contributed by atoms with E-state index in [4.69, 9.17) is 17.0 Å². The molecule has 0 aliphatic heterocycles. The Hall–Kier alpha value is -1.46. The van der Waals surface area contributed by atoms with Crippen molar-refractivity contribution >= 4 is 28.4 Å². The topological polar surface area (TPSA) is 35.0 Å². The highest BCUT2D eigenvalue weighted by molar-refractivity contribution is 8.22. The third-order valence-corrected chi connectivity index (χ3v) is 2.69. The van der Waals surface area contributed by atoms with Gasteiger partial charge in [0.05, 0.1) is 0 Å². The van der Waals surface area contributed by atoms with Crippen molar-refractivity contribution in [2.45, 2.75) is 5.03 Å². The number of hydrogen-bond acceptors (Lipinski definition) is 5. The summed E-state index contributed by atoms with van der Waals surface area (Å²) in [4.78, 5) is 8.15. The Morgan fingerprint density at radius 2 is 1.81 bits per heavy atom. The molecule has 2 rings (SSSR count).